The number of aromatic amines is 1. The van der Waals surface area contributed by atoms with Gasteiger partial charge in [0.25, 0.3) is 5.56 Å². The number of carbonyl (C=O) groups is 2. The van der Waals surface area contributed by atoms with E-state index in [1.807, 2.05) is 18.2 Å². The number of ether oxygens (including phenoxy) is 1. The van der Waals surface area contributed by atoms with Gasteiger partial charge in [0.05, 0.1) is 23.7 Å². The van der Waals surface area contributed by atoms with Crippen LogP contribution in [-0.2, 0) is 28.8 Å². The predicted octanol–water partition coefficient (Wildman–Crippen LogP) is 3.22. The van der Waals surface area contributed by atoms with Gasteiger partial charge in [0.1, 0.15) is 10.7 Å². The maximum Gasteiger partial charge on any atom is 0.341 e. The molecule has 2 heterocycles. The molecule has 2 aromatic heterocycles. The van der Waals surface area contributed by atoms with Crippen LogP contribution >= 0.6 is 11.3 Å². The van der Waals surface area contributed by atoms with E-state index < -0.39 is 5.97 Å². The lowest BCUT2D eigenvalue weighted by Gasteiger charge is -2.11. The number of H-pyrrole nitrogens is 1. The Morgan fingerprint density at radius 2 is 2.03 bits per heavy atom. The molecule has 7 nitrogen and oxygen atoms in total. The number of nitrogens with zero attached hydrogens (tertiary/aromatic N) is 1. The number of aromatic nitrogens is 2. The van der Waals surface area contributed by atoms with Gasteiger partial charge in [-0.15, -0.1) is 11.3 Å². The summed E-state index contributed by atoms with van der Waals surface area (Å²) >= 11 is 1.44. The van der Waals surface area contributed by atoms with Crippen LogP contribution in [0.15, 0.2) is 29.1 Å². The van der Waals surface area contributed by atoms with Gasteiger partial charge in [0, 0.05) is 17.7 Å². The van der Waals surface area contributed by atoms with E-state index >= 15 is 0 Å². The Bertz CT molecular complexity index is 1150. The molecule has 2 N–H and O–H groups in total. The van der Waals surface area contributed by atoms with Crippen molar-refractivity contribution in [2.24, 2.45) is 0 Å². The number of nitrogens with one attached hydrogen (secondary N) is 2. The van der Waals surface area contributed by atoms with Crippen molar-refractivity contribution < 1.29 is 14.3 Å². The largest absolute Gasteiger partial charge is 0.465 e. The van der Waals surface area contributed by atoms with Gasteiger partial charge in [-0.1, -0.05) is 12.1 Å². The minimum absolute atomic E-state index is 0.0948. The summed E-state index contributed by atoms with van der Waals surface area (Å²) in [4.78, 5) is 45.3. The maximum absolute atomic E-state index is 12.5. The molecule has 1 aromatic carbocycles. The van der Waals surface area contributed by atoms with E-state index in [0.717, 1.165) is 36.1 Å². The van der Waals surface area contributed by atoms with Gasteiger partial charge in [-0.05, 0) is 43.4 Å². The number of fused-ring (bicyclic) bond motifs is 2. The molecule has 1 aliphatic rings. The molecule has 0 saturated carbocycles. The number of carbonyl (C=O) groups excluding carboxylic acids is 2. The highest BCUT2D eigenvalue weighted by Crippen LogP contribution is 2.38. The normalized spacial score (nSPS) is 13.1. The van der Waals surface area contributed by atoms with Crippen molar-refractivity contribution in [3.05, 3.63) is 56.3 Å². The van der Waals surface area contributed by atoms with Crippen molar-refractivity contribution >= 4 is 39.2 Å². The first-order valence-electron chi connectivity index (χ1n) is 9.57. The van der Waals surface area contributed by atoms with Crippen molar-refractivity contribution in [2.75, 3.05) is 12.4 Å². The van der Waals surface area contributed by atoms with Gasteiger partial charge in [-0.3, -0.25) is 9.59 Å². The number of hydrogen-bond acceptors (Lipinski definition) is 6. The van der Waals surface area contributed by atoms with E-state index in [9.17, 15) is 14.4 Å². The summed E-state index contributed by atoms with van der Waals surface area (Å²) in [6.45, 7) is 0. The molecule has 1 aliphatic carbocycles. The van der Waals surface area contributed by atoms with Crippen LogP contribution in [0.1, 0.15) is 45.8 Å². The molecule has 0 atom stereocenters. The van der Waals surface area contributed by atoms with Crippen LogP contribution in [-0.4, -0.2) is 29.0 Å². The number of thiophene rings is 1. The molecular formula is C21H21N3O4S. The zero-order valence-corrected chi connectivity index (χ0v) is 16.9. The van der Waals surface area contributed by atoms with Gasteiger partial charge in [0.2, 0.25) is 5.91 Å². The van der Waals surface area contributed by atoms with E-state index in [1.165, 1.54) is 18.4 Å². The standard InChI is InChI=1S/C21H21N3O4S/c1-28-21(27)18-12-6-2-5-9-16(12)29-20(18)24-17(25)11-10-15-19(26)23-14-8-4-3-7-13(14)22-15/h3-4,7-8H,2,5-6,9-11H2,1H3,(H,23,26)(H,24,25). The quantitative estimate of drug-likeness (QED) is 0.628. The Balaban J connectivity index is 1.51. The molecule has 8 heteroatoms. The molecule has 29 heavy (non-hydrogen) atoms. The number of rotatable bonds is 5. The van der Waals surface area contributed by atoms with Crippen molar-refractivity contribution in [2.45, 2.75) is 38.5 Å². The number of anilines is 1. The predicted molar refractivity (Wildman–Crippen MR) is 112 cm³/mol. The van der Waals surface area contributed by atoms with Crippen LogP contribution in [0.3, 0.4) is 0 Å². The van der Waals surface area contributed by atoms with Crippen molar-refractivity contribution in [1.82, 2.24) is 9.97 Å². The second-order valence-corrected chi connectivity index (χ2v) is 8.09. The van der Waals surface area contributed by atoms with Gasteiger partial charge in [-0.25, -0.2) is 9.78 Å². The van der Waals surface area contributed by atoms with E-state index in [2.05, 4.69) is 15.3 Å². The third kappa shape index (κ3) is 3.93. The van der Waals surface area contributed by atoms with Gasteiger partial charge in [0.15, 0.2) is 0 Å². The number of benzene rings is 1. The van der Waals surface area contributed by atoms with Crippen LogP contribution in [0.4, 0.5) is 5.00 Å². The molecule has 0 spiro atoms. The second-order valence-electron chi connectivity index (χ2n) is 6.98. The average Bonchev–Trinajstić information content (AvgIpc) is 3.09. The summed E-state index contributed by atoms with van der Waals surface area (Å²) in [5.41, 5.74) is 2.84. The van der Waals surface area contributed by atoms with Gasteiger partial charge < -0.3 is 15.0 Å². The molecule has 1 amide bonds. The van der Waals surface area contributed by atoms with Crippen molar-refractivity contribution in [3.8, 4) is 0 Å². The number of esters is 1. The third-order valence-corrected chi connectivity index (χ3v) is 6.28. The fraction of sp³-hybridized carbons (Fsp3) is 0.333. The summed E-state index contributed by atoms with van der Waals surface area (Å²) in [6.07, 6.45) is 4.15. The Hall–Kier alpha value is -3.00. The molecule has 150 valence electrons. The fourth-order valence-electron chi connectivity index (χ4n) is 3.63. The molecule has 0 saturated heterocycles. The number of hydrogen-bond donors (Lipinski definition) is 2. The number of para-hydroxylation sites is 2. The van der Waals surface area contributed by atoms with Crippen LogP contribution in [0, 0.1) is 0 Å². The highest BCUT2D eigenvalue weighted by Gasteiger charge is 2.26. The van der Waals surface area contributed by atoms with Crippen LogP contribution < -0.4 is 10.9 Å². The Morgan fingerprint density at radius 3 is 2.86 bits per heavy atom. The Kier molecular flexibility index (Phi) is 5.44. The van der Waals surface area contributed by atoms with Crippen molar-refractivity contribution in [3.63, 3.8) is 0 Å². The fourth-order valence-corrected chi connectivity index (χ4v) is 4.92. The van der Waals surface area contributed by atoms with E-state index in [0.29, 0.717) is 27.3 Å². The Morgan fingerprint density at radius 1 is 1.24 bits per heavy atom. The third-order valence-electron chi connectivity index (χ3n) is 5.07. The second kappa shape index (κ2) is 8.16. The zero-order chi connectivity index (χ0) is 20.4. The first kappa shape index (κ1) is 19.3. The highest BCUT2D eigenvalue weighted by atomic mass is 32.1. The molecule has 0 fully saturated rings. The molecule has 0 unspecified atom stereocenters. The lowest BCUT2D eigenvalue weighted by Crippen LogP contribution is -2.19. The van der Waals surface area contributed by atoms with Gasteiger partial charge in [-0.2, -0.15) is 0 Å². The van der Waals surface area contributed by atoms with Crippen LogP contribution in [0.25, 0.3) is 11.0 Å². The minimum Gasteiger partial charge on any atom is -0.465 e. The zero-order valence-electron chi connectivity index (χ0n) is 16.0. The smallest absolute Gasteiger partial charge is 0.341 e. The summed E-state index contributed by atoms with van der Waals surface area (Å²) in [6, 6.07) is 7.27. The highest BCUT2D eigenvalue weighted by molar-refractivity contribution is 7.17. The molecule has 4 rings (SSSR count). The van der Waals surface area contributed by atoms with Crippen LogP contribution in [0.5, 0.6) is 0 Å². The summed E-state index contributed by atoms with van der Waals surface area (Å²) < 4.78 is 4.93. The molecule has 3 aromatic rings. The summed E-state index contributed by atoms with van der Waals surface area (Å²) in [7, 11) is 1.35. The number of aryl methyl sites for hydroxylation is 2. The summed E-state index contributed by atoms with van der Waals surface area (Å²) in [5, 5.41) is 3.38. The minimum atomic E-state index is -0.424. The maximum atomic E-state index is 12.5. The topological polar surface area (TPSA) is 101 Å². The van der Waals surface area contributed by atoms with E-state index in [4.69, 9.17) is 4.74 Å². The molecule has 0 radical (unpaired) electrons. The lowest BCUT2D eigenvalue weighted by atomic mass is 9.95. The molecular weight excluding hydrogens is 390 g/mol. The average molecular weight is 411 g/mol. The van der Waals surface area contributed by atoms with Crippen molar-refractivity contribution in [1.29, 1.82) is 0 Å². The monoisotopic (exact) mass is 411 g/mol. The van der Waals surface area contributed by atoms with Gasteiger partial charge >= 0.3 is 5.97 Å². The lowest BCUT2D eigenvalue weighted by molar-refractivity contribution is -0.116. The Labute approximate surface area is 171 Å². The molecule has 0 bridgehead atoms. The molecule has 0 aliphatic heterocycles. The first-order valence-corrected chi connectivity index (χ1v) is 10.4. The first-order chi connectivity index (χ1) is 14.1. The van der Waals surface area contributed by atoms with E-state index in [-0.39, 0.29) is 24.3 Å². The SMILES string of the molecule is COC(=O)c1c(NC(=O)CCc2nc3ccccc3[nH]c2=O)sc2c1CCCC2. The van der Waals surface area contributed by atoms with E-state index in [1.54, 1.807) is 6.07 Å². The van der Waals surface area contributed by atoms with Crippen LogP contribution in [0.2, 0.25) is 0 Å². The number of methoxy groups -OCH3 is 1. The number of amides is 1. The summed E-state index contributed by atoms with van der Waals surface area (Å²) in [5.74, 6) is -0.685.